The van der Waals surface area contributed by atoms with Crippen LogP contribution in [-0.2, 0) is 0 Å². The molecule has 0 unspecified atom stereocenters. The summed E-state index contributed by atoms with van der Waals surface area (Å²) in [5.74, 6) is -0.0790. The minimum atomic E-state index is -0.447. The van der Waals surface area contributed by atoms with Gasteiger partial charge in [0.15, 0.2) is 5.75 Å². The molecule has 4 rings (SSSR count). The number of pyridine rings is 1. The topological polar surface area (TPSA) is 76.5 Å². The van der Waals surface area contributed by atoms with Gasteiger partial charge in [-0.1, -0.05) is 30.3 Å². The van der Waals surface area contributed by atoms with E-state index in [-0.39, 0.29) is 0 Å². The number of thiazole rings is 1. The summed E-state index contributed by atoms with van der Waals surface area (Å²) < 4.78 is 5.72. The number of rotatable bonds is 5. The van der Waals surface area contributed by atoms with Gasteiger partial charge in [0.25, 0.3) is 0 Å². The van der Waals surface area contributed by atoms with Gasteiger partial charge in [0.05, 0.1) is 17.5 Å². The summed E-state index contributed by atoms with van der Waals surface area (Å²) in [5, 5.41) is 7.73. The molecule has 0 amide bonds. The average molecular weight is 388 g/mol. The van der Waals surface area contributed by atoms with E-state index in [4.69, 9.17) is 4.74 Å². The zero-order valence-corrected chi connectivity index (χ0v) is 15.8. The van der Waals surface area contributed by atoms with Gasteiger partial charge in [-0.3, -0.25) is 10.4 Å². The Bertz CT molecular complexity index is 1160. The number of anilines is 1. The first-order chi connectivity index (χ1) is 13.7. The van der Waals surface area contributed by atoms with Gasteiger partial charge in [-0.15, -0.1) is 11.3 Å². The van der Waals surface area contributed by atoms with E-state index in [2.05, 4.69) is 20.5 Å². The molecule has 0 aliphatic heterocycles. The van der Waals surface area contributed by atoms with Crippen molar-refractivity contribution in [3.8, 4) is 5.75 Å². The molecule has 0 aliphatic rings. The third-order valence-electron chi connectivity index (χ3n) is 3.95. The van der Waals surface area contributed by atoms with Crippen molar-refractivity contribution in [3.63, 3.8) is 0 Å². The fourth-order valence-electron chi connectivity index (χ4n) is 2.63. The van der Waals surface area contributed by atoms with Gasteiger partial charge < -0.3 is 4.74 Å². The van der Waals surface area contributed by atoms with E-state index in [9.17, 15) is 4.79 Å². The van der Waals surface area contributed by atoms with E-state index in [0.29, 0.717) is 27.5 Å². The van der Waals surface area contributed by atoms with Crippen LogP contribution in [0.4, 0.5) is 5.13 Å². The smallest absolute Gasteiger partial charge is 0.343 e. The summed E-state index contributed by atoms with van der Waals surface area (Å²) in [6.45, 7) is 1.92. The third-order valence-corrected chi connectivity index (χ3v) is 4.81. The van der Waals surface area contributed by atoms with Crippen molar-refractivity contribution in [1.82, 2.24) is 9.97 Å². The summed E-state index contributed by atoms with van der Waals surface area (Å²) in [6, 6.07) is 16.4. The minimum absolute atomic E-state index is 0.368. The molecule has 0 bridgehead atoms. The number of hydrogen-bond acceptors (Lipinski definition) is 7. The molecule has 0 aliphatic carbocycles. The second-order valence-corrected chi connectivity index (χ2v) is 6.84. The van der Waals surface area contributed by atoms with Crippen LogP contribution in [0.1, 0.15) is 21.6 Å². The molecule has 6 nitrogen and oxygen atoms in total. The van der Waals surface area contributed by atoms with Crippen LogP contribution in [0.25, 0.3) is 10.9 Å². The van der Waals surface area contributed by atoms with Crippen molar-refractivity contribution < 1.29 is 9.53 Å². The number of carbonyl (C=O) groups excluding carboxylic acids is 1. The number of fused-ring (bicyclic) bond motifs is 1. The number of nitrogens with one attached hydrogen (secondary N) is 1. The first-order valence-electron chi connectivity index (χ1n) is 8.57. The lowest BCUT2D eigenvalue weighted by Crippen LogP contribution is -2.10. The van der Waals surface area contributed by atoms with E-state index >= 15 is 0 Å². The van der Waals surface area contributed by atoms with Crippen LogP contribution >= 0.6 is 11.3 Å². The molecular weight excluding hydrogens is 372 g/mol. The number of ether oxygens (including phenoxy) is 1. The zero-order chi connectivity index (χ0) is 19.3. The largest absolute Gasteiger partial charge is 0.420 e. The molecular formula is C21H16N4O2S. The maximum absolute atomic E-state index is 12.6. The number of benzene rings is 2. The number of nitrogens with zero attached hydrogens (tertiary/aromatic N) is 3. The normalized spacial score (nSPS) is 11.0. The maximum Gasteiger partial charge on any atom is 0.343 e. The number of aromatic nitrogens is 2. The van der Waals surface area contributed by atoms with Gasteiger partial charge in [0, 0.05) is 22.5 Å². The molecule has 0 saturated heterocycles. The van der Waals surface area contributed by atoms with Crippen molar-refractivity contribution in [2.24, 2.45) is 5.10 Å². The van der Waals surface area contributed by atoms with E-state index in [1.807, 2.05) is 42.6 Å². The molecule has 28 heavy (non-hydrogen) atoms. The number of aryl methyl sites for hydroxylation is 1. The molecule has 0 atom stereocenters. The predicted molar refractivity (Wildman–Crippen MR) is 111 cm³/mol. The molecule has 2 aromatic heterocycles. The van der Waals surface area contributed by atoms with Crippen molar-refractivity contribution in [1.29, 1.82) is 0 Å². The number of esters is 1. The lowest BCUT2D eigenvalue weighted by molar-refractivity contribution is 0.0736. The highest BCUT2D eigenvalue weighted by Crippen LogP contribution is 2.28. The van der Waals surface area contributed by atoms with Crippen molar-refractivity contribution in [2.75, 3.05) is 5.43 Å². The molecule has 2 heterocycles. The van der Waals surface area contributed by atoms with Gasteiger partial charge in [-0.25, -0.2) is 9.78 Å². The lowest BCUT2D eigenvalue weighted by Gasteiger charge is -2.10. The Hall–Kier alpha value is -3.58. The quantitative estimate of drug-likeness (QED) is 0.233. The van der Waals surface area contributed by atoms with Crippen molar-refractivity contribution in [3.05, 3.63) is 83.0 Å². The van der Waals surface area contributed by atoms with E-state index < -0.39 is 5.97 Å². The Morgan fingerprint density at radius 2 is 2.00 bits per heavy atom. The molecule has 0 fully saturated rings. The number of hydrogen-bond donors (Lipinski definition) is 1. The molecule has 2 aromatic carbocycles. The summed E-state index contributed by atoms with van der Waals surface area (Å²) >= 11 is 1.47. The Labute approximate surface area is 165 Å². The Kier molecular flexibility index (Phi) is 5.07. The predicted octanol–water partition coefficient (Wildman–Crippen LogP) is 4.66. The van der Waals surface area contributed by atoms with Crippen LogP contribution in [0.5, 0.6) is 5.75 Å². The lowest BCUT2D eigenvalue weighted by atomic mass is 10.1. The van der Waals surface area contributed by atoms with Crippen LogP contribution in [0.15, 0.2) is 71.3 Å². The van der Waals surface area contributed by atoms with Gasteiger partial charge in [0.1, 0.15) is 5.52 Å². The van der Waals surface area contributed by atoms with E-state index in [1.165, 1.54) is 11.3 Å². The zero-order valence-electron chi connectivity index (χ0n) is 15.0. The fourth-order valence-corrected chi connectivity index (χ4v) is 3.27. The third kappa shape index (κ3) is 3.89. The average Bonchev–Trinajstić information content (AvgIpc) is 3.15. The minimum Gasteiger partial charge on any atom is -0.420 e. The molecule has 138 valence electrons. The van der Waals surface area contributed by atoms with Gasteiger partial charge >= 0.3 is 5.97 Å². The van der Waals surface area contributed by atoms with Gasteiger partial charge in [0.2, 0.25) is 5.13 Å². The summed E-state index contributed by atoms with van der Waals surface area (Å²) in [6.07, 6.45) is 3.26. The Balaban J connectivity index is 1.67. The first-order valence-corrected chi connectivity index (χ1v) is 9.45. The molecule has 0 radical (unpaired) electrons. The standard InChI is InChI=1S/C21H16N4O2S/c1-14-13-28-21(24-14)25-23-12-17-10-9-15-8-5-11-22-18(15)19(17)27-20(26)16-6-3-2-4-7-16/h2-13H,1H3,(H,24,25). The first kappa shape index (κ1) is 17.8. The molecule has 0 saturated carbocycles. The van der Waals surface area contributed by atoms with Crippen molar-refractivity contribution in [2.45, 2.75) is 6.92 Å². The Morgan fingerprint density at radius 3 is 2.79 bits per heavy atom. The second kappa shape index (κ2) is 7.98. The van der Waals surface area contributed by atoms with Crippen LogP contribution in [0, 0.1) is 6.92 Å². The number of hydrazone groups is 1. The summed E-state index contributed by atoms with van der Waals surface area (Å²) in [7, 11) is 0. The van der Waals surface area contributed by atoms with Crippen LogP contribution in [0.3, 0.4) is 0 Å². The van der Waals surface area contributed by atoms with Crippen molar-refractivity contribution >= 4 is 39.6 Å². The molecule has 7 heteroatoms. The monoisotopic (exact) mass is 388 g/mol. The Morgan fingerprint density at radius 1 is 1.14 bits per heavy atom. The number of carbonyl (C=O) groups is 1. The second-order valence-electron chi connectivity index (χ2n) is 5.98. The SMILES string of the molecule is Cc1csc(NN=Cc2ccc3cccnc3c2OC(=O)c2ccccc2)n1. The highest BCUT2D eigenvalue weighted by molar-refractivity contribution is 7.13. The van der Waals surface area contributed by atoms with Crippen LogP contribution < -0.4 is 10.2 Å². The molecule has 0 spiro atoms. The maximum atomic E-state index is 12.6. The highest BCUT2D eigenvalue weighted by Gasteiger charge is 2.15. The highest BCUT2D eigenvalue weighted by atomic mass is 32.1. The van der Waals surface area contributed by atoms with Gasteiger partial charge in [-0.2, -0.15) is 5.10 Å². The van der Waals surface area contributed by atoms with E-state index in [1.54, 1.807) is 36.7 Å². The summed E-state index contributed by atoms with van der Waals surface area (Å²) in [5.41, 5.74) is 5.52. The van der Waals surface area contributed by atoms with E-state index in [0.717, 1.165) is 11.1 Å². The summed E-state index contributed by atoms with van der Waals surface area (Å²) in [4.78, 5) is 21.3. The molecule has 4 aromatic rings. The van der Waals surface area contributed by atoms with Crippen LogP contribution in [0.2, 0.25) is 0 Å². The fraction of sp³-hybridized carbons (Fsp3) is 0.0476. The molecule has 1 N–H and O–H groups in total. The van der Waals surface area contributed by atoms with Gasteiger partial charge in [-0.05, 0) is 31.2 Å². The van der Waals surface area contributed by atoms with Crippen LogP contribution in [-0.4, -0.2) is 22.2 Å².